The van der Waals surface area contributed by atoms with Crippen LogP contribution in [0.1, 0.15) is 13.8 Å². The lowest BCUT2D eigenvalue weighted by Crippen LogP contribution is -2.31. The van der Waals surface area contributed by atoms with E-state index in [9.17, 15) is 8.42 Å². The molecule has 0 saturated heterocycles. The molecule has 2 N–H and O–H groups in total. The molecule has 0 amide bonds. The maximum atomic E-state index is 11.3. The molecular weight excluding hydrogens is 268 g/mol. The minimum atomic E-state index is -3.15. The summed E-state index contributed by atoms with van der Waals surface area (Å²) in [5, 5.41) is 6.62. The molecule has 18 heavy (non-hydrogen) atoms. The summed E-state index contributed by atoms with van der Waals surface area (Å²) in [5.41, 5.74) is 0.767. The summed E-state index contributed by atoms with van der Waals surface area (Å²) >= 11 is 5.12. The second-order valence-corrected chi connectivity index (χ2v) is 6.95. The second kappa shape index (κ2) is 6.15. The summed E-state index contributed by atoms with van der Waals surface area (Å²) in [6.45, 7) is 4.99. The van der Waals surface area contributed by atoms with Crippen molar-refractivity contribution in [2.75, 3.05) is 18.1 Å². The van der Waals surface area contributed by atoms with Gasteiger partial charge in [-0.15, -0.1) is 0 Å². The van der Waals surface area contributed by atoms with Crippen LogP contribution in [0.25, 0.3) is 0 Å². The molecule has 0 fully saturated rings. The Hall–Kier alpha value is -1.14. The summed E-state index contributed by atoms with van der Waals surface area (Å²) in [6.07, 6.45) is 1.18. The zero-order chi connectivity index (χ0) is 13.8. The fraction of sp³-hybridized carbons (Fsp3) is 0.417. The Kier molecular flexibility index (Phi) is 5.10. The van der Waals surface area contributed by atoms with Gasteiger partial charge in [-0.05, 0) is 42.4 Å². The quantitative estimate of drug-likeness (QED) is 0.830. The number of sulfone groups is 1. The van der Waals surface area contributed by atoms with Crippen molar-refractivity contribution in [3.8, 4) is 0 Å². The minimum absolute atomic E-state index is 0.300. The average molecular weight is 286 g/mol. The van der Waals surface area contributed by atoms with Crippen LogP contribution in [0.15, 0.2) is 29.2 Å². The van der Waals surface area contributed by atoms with E-state index < -0.39 is 9.84 Å². The van der Waals surface area contributed by atoms with Gasteiger partial charge < -0.3 is 10.6 Å². The van der Waals surface area contributed by atoms with E-state index in [-0.39, 0.29) is 0 Å². The van der Waals surface area contributed by atoms with Crippen molar-refractivity contribution in [3.63, 3.8) is 0 Å². The normalized spacial score (nSPS) is 11.3. The van der Waals surface area contributed by atoms with Crippen molar-refractivity contribution < 1.29 is 8.42 Å². The number of thiocarbonyl (C=S) groups is 1. The first kappa shape index (κ1) is 14.9. The molecule has 0 bridgehead atoms. The largest absolute Gasteiger partial charge is 0.362 e. The van der Waals surface area contributed by atoms with Gasteiger partial charge in [0.15, 0.2) is 14.9 Å². The van der Waals surface area contributed by atoms with Gasteiger partial charge >= 0.3 is 0 Å². The number of hydrogen-bond acceptors (Lipinski definition) is 3. The number of nitrogens with one attached hydrogen (secondary N) is 2. The number of benzene rings is 1. The molecule has 1 rings (SSSR count). The Morgan fingerprint density at radius 2 is 1.83 bits per heavy atom. The standard InChI is InChI=1S/C12H18N2O2S2/c1-9(2)8-13-12(17)14-10-4-6-11(7-5-10)18(3,15)16/h4-7,9H,8H2,1-3H3,(H2,13,14,17). The van der Waals surface area contributed by atoms with Crippen LogP contribution in [0.2, 0.25) is 0 Å². The van der Waals surface area contributed by atoms with E-state index in [1.165, 1.54) is 6.26 Å². The van der Waals surface area contributed by atoms with Crippen LogP contribution in [0.5, 0.6) is 0 Å². The first-order chi connectivity index (χ1) is 8.29. The predicted molar refractivity (Wildman–Crippen MR) is 78.6 cm³/mol. The fourth-order valence-electron chi connectivity index (χ4n) is 1.26. The molecular formula is C12H18N2O2S2. The Labute approximate surface area is 114 Å². The molecule has 6 heteroatoms. The van der Waals surface area contributed by atoms with Gasteiger partial charge in [-0.25, -0.2) is 8.42 Å². The highest BCUT2D eigenvalue weighted by Gasteiger charge is 2.06. The number of hydrogen-bond donors (Lipinski definition) is 2. The SMILES string of the molecule is CC(C)CNC(=S)Nc1ccc(S(C)(=O)=O)cc1. The Bertz CT molecular complexity index is 507. The molecule has 1 aromatic rings. The molecule has 0 aliphatic carbocycles. The molecule has 0 heterocycles. The van der Waals surface area contributed by atoms with Crippen molar-refractivity contribution >= 4 is 32.9 Å². The van der Waals surface area contributed by atoms with Crippen molar-refractivity contribution in [2.45, 2.75) is 18.7 Å². The van der Waals surface area contributed by atoms with E-state index in [1.807, 2.05) is 0 Å². The van der Waals surface area contributed by atoms with Gasteiger partial charge in [-0.2, -0.15) is 0 Å². The third-order valence-electron chi connectivity index (χ3n) is 2.21. The van der Waals surface area contributed by atoms with Gasteiger partial charge in [0, 0.05) is 18.5 Å². The van der Waals surface area contributed by atoms with Gasteiger partial charge in [0.05, 0.1) is 4.90 Å². The second-order valence-electron chi connectivity index (χ2n) is 4.53. The van der Waals surface area contributed by atoms with E-state index in [0.717, 1.165) is 12.2 Å². The topological polar surface area (TPSA) is 58.2 Å². The van der Waals surface area contributed by atoms with Gasteiger partial charge in [0.1, 0.15) is 0 Å². The predicted octanol–water partition coefficient (Wildman–Crippen LogP) is 2.03. The van der Waals surface area contributed by atoms with Crippen LogP contribution in [-0.4, -0.2) is 26.3 Å². The highest BCUT2D eigenvalue weighted by molar-refractivity contribution is 7.90. The van der Waals surface area contributed by atoms with E-state index >= 15 is 0 Å². The maximum absolute atomic E-state index is 11.3. The van der Waals surface area contributed by atoms with Crippen LogP contribution in [0, 0.1) is 5.92 Å². The van der Waals surface area contributed by atoms with Gasteiger partial charge in [-0.1, -0.05) is 13.8 Å². The Morgan fingerprint density at radius 3 is 2.28 bits per heavy atom. The molecule has 0 aliphatic heterocycles. The smallest absolute Gasteiger partial charge is 0.175 e. The van der Waals surface area contributed by atoms with E-state index in [0.29, 0.717) is 15.9 Å². The van der Waals surface area contributed by atoms with Crippen LogP contribution >= 0.6 is 12.2 Å². The monoisotopic (exact) mass is 286 g/mol. The van der Waals surface area contributed by atoms with E-state index in [2.05, 4.69) is 24.5 Å². The first-order valence-corrected chi connectivity index (χ1v) is 7.94. The van der Waals surface area contributed by atoms with Gasteiger partial charge in [0.2, 0.25) is 0 Å². The van der Waals surface area contributed by atoms with Crippen LogP contribution < -0.4 is 10.6 Å². The van der Waals surface area contributed by atoms with Gasteiger partial charge in [-0.3, -0.25) is 0 Å². The third kappa shape index (κ3) is 5.01. The molecule has 0 aromatic heterocycles. The van der Waals surface area contributed by atoms with Crippen LogP contribution in [0.4, 0.5) is 5.69 Å². The lowest BCUT2D eigenvalue weighted by Gasteiger charge is -2.12. The molecule has 4 nitrogen and oxygen atoms in total. The highest BCUT2D eigenvalue weighted by Crippen LogP contribution is 2.13. The molecule has 0 atom stereocenters. The summed E-state index contributed by atoms with van der Waals surface area (Å²) in [6, 6.07) is 6.50. The van der Waals surface area contributed by atoms with Crippen LogP contribution in [0.3, 0.4) is 0 Å². The molecule has 100 valence electrons. The fourth-order valence-corrected chi connectivity index (χ4v) is 2.09. The lowest BCUT2D eigenvalue weighted by molar-refractivity contribution is 0.602. The van der Waals surface area contributed by atoms with Gasteiger partial charge in [0.25, 0.3) is 0 Å². The Balaban J connectivity index is 2.62. The van der Waals surface area contributed by atoms with E-state index in [1.54, 1.807) is 24.3 Å². The lowest BCUT2D eigenvalue weighted by atomic mass is 10.2. The highest BCUT2D eigenvalue weighted by atomic mass is 32.2. The first-order valence-electron chi connectivity index (χ1n) is 5.64. The van der Waals surface area contributed by atoms with E-state index in [4.69, 9.17) is 12.2 Å². The van der Waals surface area contributed by atoms with Crippen LogP contribution in [-0.2, 0) is 9.84 Å². The molecule has 0 saturated carbocycles. The summed E-state index contributed by atoms with van der Waals surface area (Å²) < 4.78 is 22.6. The average Bonchev–Trinajstić information content (AvgIpc) is 2.26. The summed E-state index contributed by atoms with van der Waals surface area (Å²) in [5.74, 6) is 0.511. The molecule has 1 aromatic carbocycles. The molecule has 0 radical (unpaired) electrons. The van der Waals surface area contributed by atoms with Crippen molar-refractivity contribution in [2.24, 2.45) is 5.92 Å². The zero-order valence-corrected chi connectivity index (χ0v) is 12.4. The molecule has 0 unspecified atom stereocenters. The summed E-state index contributed by atoms with van der Waals surface area (Å²) in [4.78, 5) is 0.300. The number of anilines is 1. The molecule has 0 aliphatic rings. The minimum Gasteiger partial charge on any atom is -0.362 e. The maximum Gasteiger partial charge on any atom is 0.175 e. The van der Waals surface area contributed by atoms with Crippen molar-refractivity contribution in [1.29, 1.82) is 0 Å². The third-order valence-corrected chi connectivity index (χ3v) is 3.59. The zero-order valence-electron chi connectivity index (χ0n) is 10.7. The Morgan fingerprint density at radius 1 is 1.28 bits per heavy atom. The van der Waals surface area contributed by atoms with Crippen molar-refractivity contribution in [3.05, 3.63) is 24.3 Å². The summed E-state index contributed by atoms with van der Waals surface area (Å²) in [7, 11) is -3.15. The van der Waals surface area contributed by atoms with Crippen molar-refractivity contribution in [1.82, 2.24) is 5.32 Å². The molecule has 0 spiro atoms. The number of rotatable bonds is 4.